The van der Waals surface area contributed by atoms with Gasteiger partial charge in [-0.05, 0) is 49.6 Å². The first kappa shape index (κ1) is 30.6. The molecule has 0 unspecified atom stereocenters. The van der Waals surface area contributed by atoms with Crippen LogP contribution in [0.1, 0.15) is 42.0 Å². The third kappa shape index (κ3) is 6.44. The highest BCUT2D eigenvalue weighted by molar-refractivity contribution is 7.91. The highest BCUT2D eigenvalue weighted by Gasteiger charge is 2.37. The second-order valence-electron chi connectivity index (χ2n) is 10.00. The Labute approximate surface area is 237 Å². The summed E-state index contributed by atoms with van der Waals surface area (Å²) < 4.78 is 68.7. The summed E-state index contributed by atoms with van der Waals surface area (Å²) in [6.07, 6.45) is -5.09. The monoisotopic (exact) mass is 616 g/mol. The molecule has 3 N–H and O–H groups in total. The van der Waals surface area contributed by atoms with E-state index in [-0.39, 0.29) is 40.4 Å². The topological polar surface area (TPSA) is 142 Å². The van der Waals surface area contributed by atoms with Crippen molar-refractivity contribution in [2.75, 3.05) is 18.8 Å². The van der Waals surface area contributed by atoms with Crippen molar-refractivity contribution in [1.82, 2.24) is 19.8 Å². The molecule has 222 valence electrons. The van der Waals surface area contributed by atoms with E-state index in [1.54, 1.807) is 17.9 Å². The van der Waals surface area contributed by atoms with Crippen LogP contribution >= 0.6 is 11.6 Å². The standard InChI is InChI=1S/C26H28ClF3N4O6S/c1-3-41(39,40)20-7-6-14(2)9-15(20)11-34-23(35)17-10-19(26(28,29)30)18(21(27)22(17)32-24(34)36)13-33-8-4-5-16(12-33)31-25(37)38/h6-7,9-10,16,31H,3-5,8,11-13H2,1-2H3,(H,32,36)(H,37,38)/t16-/m1/s1. The number of carbonyl (C=O) groups is 1. The largest absolute Gasteiger partial charge is 0.465 e. The van der Waals surface area contributed by atoms with Crippen LogP contribution in [0.5, 0.6) is 0 Å². The van der Waals surface area contributed by atoms with Crippen molar-refractivity contribution in [1.29, 1.82) is 0 Å². The number of rotatable bonds is 7. The van der Waals surface area contributed by atoms with Crippen molar-refractivity contribution in [3.8, 4) is 0 Å². The van der Waals surface area contributed by atoms with Gasteiger partial charge in [0.15, 0.2) is 9.84 Å². The maximum Gasteiger partial charge on any atom is 0.416 e. The minimum atomic E-state index is -4.91. The first-order chi connectivity index (χ1) is 19.1. The quantitative estimate of drug-likeness (QED) is 0.367. The van der Waals surface area contributed by atoms with Crippen LogP contribution < -0.4 is 16.6 Å². The highest BCUT2D eigenvalue weighted by atomic mass is 35.5. The number of fused-ring (bicyclic) bond motifs is 1. The van der Waals surface area contributed by atoms with Crippen LogP contribution in [-0.2, 0) is 29.1 Å². The first-order valence-corrected chi connectivity index (χ1v) is 14.7. The molecular weight excluding hydrogens is 589 g/mol. The number of alkyl halides is 3. The SMILES string of the molecule is CCS(=O)(=O)c1ccc(C)cc1Cn1c(=O)[nH]c2c(Cl)c(CN3CCC[C@@H](NC(=O)O)C3)c(C(F)(F)F)cc2c1=O. The van der Waals surface area contributed by atoms with Gasteiger partial charge in [0, 0.05) is 19.1 Å². The van der Waals surface area contributed by atoms with Gasteiger partial charge in [0.2, 0.25) is 0 Å². The Morgan fingerprint density at radius 3 is 2.56 bits per heavy atom. The summed E-state index contributed by atoms with van der Waals surface area (Å²) in [5, 5.41) is 10.4. The number of H-pyrrole nitrogens is 1. The van der Waals surface area contributed by atoms with E-state index in [0.29, 0.717) is 35.6 Å². The minimum absolute atomic E-state index is 0.0846. The number of sulfone groups is 1. The van der Waals surface area contributed by atoms with Gasteiger partial charge in [-0.3, -0.25) is 14.3 Å². The van der Waals surface area contributed by atoms with E-state index in [4.69, 9.17) is 16.7 Å². The highest BCUT2D eigenvalue weighted by Crippen LogP contribution is 2.39. The molecule has 1 aliphatic rings. The van der Waals surface area contributed by atoms with Gasteiger partial charge in [-0.15, -0.1) is 0 Å². The molecule has 3 aromatic rings. The molecule has 0 spiro atoms. The summed E-state index contributed by atoms with van der Waals surface area (Å²) in [7, 11) is -3.74. The fourth-order valence-corrected chi connectivity index (χ4v) is 6.54. The predicted molar refractivity (Wildman–Crippen MR) is 146 cm³/mol. The molecule has 0 bridgehead atoms. The molecule has 1 amide bonds. The van der Waals surface area contributed by atoms with Gasteiger partial charge in [-0.25, -0.2) is 18.0 Å². The lowest BCUT2D eigenvalue weighted by atomic mass is 10.0. The second-order valence-corrected chi connectivity index (χ2v) is 12.6. The zero-order valence-corrected chi connectivity index (χ0v) is 23.7. The van der Waals surface area contributed by atoms with Crippen LogP contribution in [0.15, 0.2) is 38.8 Å². The lowest BCUT2D eigenvalue weighted by Gasteiger charge is -2.33. The Balaban J connectivity index is 1.84. The summed E-state index contributed by atoms with van der Waals surface area (Å²) in [5.41, 5.74) is -3.02. The Hall–Kier alpha value is -3.36. The van der Waals surface area contributed by atoms with Crippen LogP contribution in [0.4, 0.5) is 18.0 Å². The number of piperidine rings is 1. The lowest BCUT2D eigenvalue weighted by Crippen LogP contribution is -2.47. The Morgan fingerprint density at radius 2 is 1.93 bits per heavy atom. The van der Waals surface area contributed by atoms with Crippen molar-refractivity contribution < 1.29 is 31.5 Å². The Kier molecular flexibility index (Phi) is 8.58. The lowest BCUT2D eigenvalue weighted by molar-refractivity contribution is -0.138. The molecule has 15 heteroatoms. The number of nitrogens with zero attached hydrogens (tertiary/aromatic N) is 2. The van der Waals surface area contributed by atoms with Crippen molar-refractivity contribution in [2.45, 2.75) is 56.9 Å². The number of halogens is 4. The molecule has 2 heterocycles. The number of aromatic nitrogens is 2. The second kappa shape index (κ2) is 11.5. The molecule has 1 atom stereocenters. The van der Waals surface area contributed by atoms with Gasteiger partial charge < -0.3 is 15.4 Å². The first-order valence-electron chi connectivity index (χ1n) is 12.7. The average Bonchev–Trinajstić information content (AvgIpc) is 2.87. The summed E-state index contributed by atoms with van der Waals surface area (Å²) in [5.74, 6) is -0.233. The number of benzene rings is 2. The molecular formula is C26H28ClF3N4O6S. The summed E-state index contributed by atoms with van der Waals surface area (Å²) in [4.78, 5) is 41.5. The van der Waals surface area contributed by atoms with Crippen LogP contribution in [0, 0.1) is 6.92 Å². The van der Waals surface area contributed by atoms with Crippen LogP contribution in [-0.4, -0.2) is 59.0 Å². The van der Waals surface area contributed by atoms with Crippen molar-refractivity contribution in [2.24, 2.45) is 0 Å². The van der Waals surface area contributed by atoms with E-state index in [0.717, 1.165) is 0 Å². The molecule has 1 fully saturated rings. The zero-order chi connectivity index (χ0) is 30.3. The number of carboxylic acid groups (broad SMARTS) is 1. The number of likely N-dealkylation sites (tertiary alicyclic amines) is 1. The van der Waals surface area contributed by atoms with Crippen molar-refractivity contribution in [3.05, 3.63) is 72.4 Å². The van der Waals surface area contributed by atoms with E-state index in [9.17, 15) is 36.0 Å². The summed E-state index contributed by atoms with van der Waals surface area (Å²) >= 11 is 6.44. The number of amides is 1. The van der Waals surface area contributed by atoms with Gasteiger partial charge >= 0.3 is 18.0 Å². The summed E-state index contributed by atoms with van der Waals surface area (Å²) in [6.45, 7) is 2.88. The van der Waals surface area contributed by atoms with Crippen LogP contribution in [0.3, 0.4) is 0 Å². The third-order valence-electron chi connectivity index (χ3n) is 7.10. The van der Waals surface area contributed by atoms with E-state index >= 15 is 0 Å². The number of hydrogen-bond acceptors (Lipinski definition) is 6. The minimum Gasteiger partial charge on any atom is -0.465 e. The number of hydrogen-bond donors (Lipinski definition) is 3. The number of aromatic amines is 1. The molecule has 4 rings (SSSR count). The van der Waals surface area contributed by atoms with Crippen molar-refractivity contribution in [3.63, 3.8) is 0 Å². The molecule has 0 saturated carbocycles. The van der Waals surface area contributed by atoms with E-state index < -0.39 is 61.9 Å². The average molecular weight is 617 g/mol. The molecule has 10 nitrogen and oxygen atoms in total. The van der Waals surface area contributed by atoms with E-state index in [2.05, 4.69) is 10.3 Å². The molecule has 0 radical (unpaired) electrons. The van der Waals surface area contributed by atoms with Gasteiger partial charge in [-0.1, -0.05) is 36.2 Å². The Bertz CT molecular complexity index is 1740. The van der Waals surface area contributed by atoms with Gasteiger partial charge in [0.1, 0.15) is 0 Å². The van der Waals surface area contributed by atoms with Gasteiger partial charge in [0.25, 0.3) is 5.56 Å². The maximum atomic E-state index is 14.3. The van der Waals surface area contributed by atoms with E-state index in [1.165, 1.54) is 19.1 Å². The number of aryl methyl sites for hydroxylation is 1. The molecule has 1 saturated heterocycles. The van der Waals surface area contributed by atoms with Crippen LogP contribution in [0.2, 0.25) is 5.02 Å². The molecule has 2 aromatic carbocycles. The van der Waals surface area contributed by atoms with Gasteiger partial charge in [-0.2, -0.15) is 13.2 Å². The van der Waals surface area contributed by atoms with E-state index in [1.807, 2.05) is 0 Å². The maximum absolute atomic E-state index is 14.3. The van der Waals surface area contributed by atoms with Crippen molar-refractivity contribution >= 4 is 38.4 Å². The van der Waals surface area contributed by atoms with Crippen LogP contribution in [0.25, 0.3) is 10.9 Å². The molecule has 0 aliphatic carbocycles. The zero-order valence-electron chi connectivity index (χ0n) is 22.1. The van der Waals surface area contributed by atoms with Gasteiger partial charge in [0.05, 0.1) is 38.7 Å². The Morgan fingerprint density at radius 1 is 1.22 bits per heavy atom. The summed E-state index contributed by atoms with van der Waals surface area (Å²) in [6, 6.07) is 4.60. The fourth-order valence-electron chi connectivity index (χ4n) is 5.12. The molecule has 1 aromatic heterocycles. The normalized spacial score (nSPS) is 16.7. The molecule has 1 aliphatic heterocycles. The predicted octanol–water partition coefficient (Wildman–Crippen LogP) is 3.74. The molecule has 41 heavy (non-hydrogen) atoms. The fraction of sp³-hybridized carbons (Fsp3) is 0.423. The number of nitrogens with one attached hydrogen (secondary N) is 2. The smallest absolute Gasteiger partial charge is 0.416 e. The third-order valence-corrected chi connectivity index (χ3v) is 9.35.